The third-order valence-electron chi connectivity index (χ3n) is 3.73. The summed E-state index contributed by atoms with van der Waals surface area (Å²) in [5.74, 6) is -0.118. The number of benzene rings is 1. The summed E-state index contributed by atoms with van der Waals surface area (Å²) in [6.07, 6.45) is 3.59. The normalized spacial score (nSPS) is 19.1. The predicted octanol–water partition coefficient (Wildman–Crippen LogP) is 3.97. The van der Waals surface area contributed by atoms with Gasteiger partial charge in [-0.3, -0.25) is 0 Å². The quantitative estimate of drug-likeness (QED) is 0.814. The molecule has 1 aliphatic carbocycles. The van der Waals surface area contributed by atoms with Crippen LogP contribution in [0.5, 0.6) is 0 Å². The fourth-order valence-electron chi connectivity index (χ4n) is 2.47. The molecule has 0 radical (unpaired) electrons. The highest BCUT2D eigenvalue weighted by Gasteiger charge is 2.45. The fraction of sp³-hybridized carbons (Fsp3) is 0.600. The first-order valence-corrected chi connectivity index (χ1v) is 6.55. The Morgan fingerprint density at radius 2 is 2.06 bits per heavy atom. The maximum Gasteiger partial charge on any atom is 0.123 e. The van der Waals surface area contributed by atoms with Crippen molar-refractivity contribution in [3.63, 3.8) is 0 Å². The molecule has 2 rings (SSSR count). The molecule has 2 heteroatoms. The summed E-state index contributed by atoms with van der Waals surface area (Å²) >= 11 is 0. The molecule has 1 aromatic rings. The number of hydrogen-bond acceptors (Lipinski definition) is 1. The van der Waals surface area contributed by atoms with Gasteiger partial charge in [-0.05, 0) is 61.4 Å². The third-order valence-corrected chi connectivity index (χ3v) is 3.73. The molecule has 1 aliphatic rings. The number of nitrogens with one attached hydrogen (secondary N) is 1. The van der Waals surface area contributed by atoms with E-state index in [0.29, 0.717) is 11.5 Å². The van der Waals surface area contributed by atoms with Gasteiger partial charge in [-0.15, -0.1) is 0 Å². The van der Waals surface area contributed by atoms with Crippen LogP contribution in [-0.2, 0) is 0 Å². The second kappa shape index (κ2) is 4.77. The van der Waals surface area contributed by atoms with Crippen LogP contribution in [0.25, 0.3) is 0 Å². The molecule has 0 heterocycles. The second-order valence-electron chi connectivity index (χ2n) is 5.60. The Hall–Kier alpha value is -0.890. The van der Waals surface area contributed by atoms with E-state index in [1.54, 1.807) is 12.1 Å². The van der Waals surface area contributed by atoms with E-state index in [1.165, 1.54) is 12.8 Å². The van der Waals surface area contributed by atoms with Crippen LogP contribution in [0.2, 0.25) is 0 Å². The molecule has 0 amide bonds. The summed E-state index contributed by atoms with van der Waals surface area (Å²) in [7, 11) is 0. The molecule has 17 heavy (non-hydrogen) atoms. The number of aryl methyl sites for hydroxylation is 1. The molecule has 1 unspecified atom stereocenters. The van der Waals surface area contributed by atoms with Crippen molar-refractivity contribution in [1.29, 1.82) is 0 Å². The average Bonchev–Trinajstić information content (AvgIpc) is 2.96. The van der Waals surface area contributed by atoms with E-state index in [4.69, 9.17) is 0 Å². The third kappa shape index (κ3) is 2.86. The lowest BCUT2D eigenvalue weighted by Crippen LogP contribution is -2.28. The van der Waals surface area contributed by atoms with Gasteiger partial charge in [0, 0.05) is 6.04 Å². The summed E-state index contributed by atoms with van der Waals surface area (Å²) in [6.45, 7) is 7.41. The molecule has 1 saturated carbocycles. The van der Waals surface area contributed by atoms with E-state index in [-0.39, 0.29) is 5.82 Å². The first-order valence-electron chi connectivity index (χ1n) is 6.55. The van der Waals surface area contributed by atoms with Crippen molar-refractivity contribution in [3.05, 3.63) is 35.1 Å². The Bertz CT molecular complexity index is 376. The van der Waals surface area contributed by atoms with Gasteiger partial charge < -0.3 is 5.32 Å². The van der Waals surface area contributed by atoms with Gasteiger partial charge in [0.25, 0.3) is 0 Å². The van der Waals surface area contributed by atoms with Crippen LogP contribution in [-0.4, -0.2) is 6.54 Å². The first-order chi connectivity index (χ1) is 8.05. The minimum atomic E-state index is -0.118. The van der Waals surface area contributed by atoms with Crippen LogP contribution < -0.4 is 5.32 Å². The summed E-state index contributed by atoms with van der Waals surface area (Å²) in [6, 6.07) is 5.69. The van der Waals surface area contributed by atoms with E-state index >= 15 is 0 Å². The smallest absolute Gasteiger partial charge is 0.123 e. The summed E-state index contributed by atoms with van der Waals surface area (Å²) in [5.41, 5.74) is 2.44. The zero-order chi connectivity index (χ0) is 12.5. The monoisotopic (exact) mass is 235 g/mol. The highest BCUT2D eigenvalue weighted by Crippen LogP contribution is 2.54. The van der Waals surface area contributed by atoms with Crippen molar-refractivity contribution in [2.45, 2.75) is 46.1 Å². The largest absolute Gasteiger partial charge is 0.309 e. The minimum absolute atomic E-state index is 0.118. The highest BCUT2D eigenvalue weighted by molar-refractivity contribution is 5.29. The molecule has 0 saturated heterocycles. The molecule has 0 aliphatic heterocycles. The van der Waals surface area contributed by atoms with Gasteiger partial charge in [0.15, 0.2) is 0 Å². The van der Waals surface area contributed by atoms with Crippen LogP contribution >= 0.6 is 0 Å². The predicted molar refractivity (Wildman–Crippen MR) is 69.5 cm³/mol. The topological polar surface area (TPSA) is 12.0 Å². The van der Waals surface area contributed by atoms with Crippen molar-refractivity contribution >= 4 is 0 Å². The van der Waals surface area contributed by atoms with E-state index in [2.05, 4.69) is 25.2 Å². The molecular formula is C15H22FN. The van der Waals surface area contributed by atoms with Crippen molar-refractivity contribution in [1.82, 2.24) is 5.32 Å². The van der Waals surface area contributed by atoms with Gasteiger partial charge in [0.1, 0.15) is 5.82 Å². The van der Waals surface area contributed by atoms with E-state index in [0.717, 1.165) is 24.1 Å². The van der Waals surface area contributed by atoms with Crippen LogP contribution in [0, 0.1) is 18.2 Å². The number of rotatable bonds is 5. The Kier molecular flexibility index (Phi) is 3.53. The first kappa shape index (κ1) is 12.6. The maximum atomic E-state index is 13.5. The number of hydrogen-bond donors (Lipinski definition) is 1. The lowest BCUT2D eigenvalue weighted by molar-refractivity contribution is 0.365. The summed E-state index contributed by atoms with van der Waals surface area (Å²) < 4.78 is 13.5. The van der Waals surface area contributed by atoms with Gasteiger partial charge >= 0.3 is 0 Å². The van der Waals surface area contributed by atoms with E-state index in [1.807, 2.05) is 6.92 Å². The molecule has 1 atom stereocenters. The SMILES string of the molecule is CCCNC(c1cc(C)cc(F)c1)C1(C)CC1. The van der Waals surface area contributed by atoms with Crippen LogP contribution in [0.15, 0.2) is 18.2 Å². The van der Waals surface area contributed by atoms with Crippen molar-refractivity contribution in [2.24, 2.45) is 5.41 Å². The number of halogens is 1. The van der Waals surface area contributed by atoms with Crippen molar-refractivity contribution < 1.29 is 4.39 Å². The van der Waals surface area contributed by atoms with Gasteiger partial charge in [0.05, 0.1) is 0 Å². The fourth-order valence-corrected chi connectivity index (χ4v) is 2.47. The Morgan fingerprint density at radius 1 is 1.35 bits per heavy atom. The van der Waals surface area contributed by atoms with E-state index in [9.17, 15) is 4.39 Å². The lowest BCUT2D eigenvalue weighted by atomic mass is 9.90. The zero-order valence-corrected chi connectivity index (χ0v) is 11.0. The zero-order valence-electron chi connectivity index (χ0n) is 11.0. The Balaban J connectivity index is 2.25. The minimum Gasteiger partial charge on any atom is -0.309 e. The highest BCUT2D eigenvalue weighted by atomic mass is 19.1. The van der Waals surface area contributed by atoms with Gasteiger partial charge in [-0.2, -0.15) is 0 Å². The molecule has 0 aromatic heterocycles. The van der Waals surface area contributed by atoms with Crippen LogP contribution in [0.4, 0.5) is 4.39 Å². The summed E-state index contributed by atoms with van der Waals surface area (Å²) in [5, 5.41) is 3.58. The molecule has 1 fully saturated rings. The van der Waals surface area contributed by atoms with Crippen molar-refractivity contribution in [2.75, 3.05) is 6.54 Å². The molecular weight excluding hydrogens is 213 g/mol. The summed E-state index contributed by atoms with van der Waals surface area (Å²) in [4.78, 5) is 0. The van der Waals surface area contributed by atoms with Gasteiger partial charge in [0.2, 0.25) is 0 Å². The average molecular weight is 235 g/mol. The lowest BCUT2D eigenvalue weighted by Gasteiger charge is -2.26. The molecule has 1 N–H and O–H groups in total. The molecule has 1 aromatic carbocycles. The van der Waals surface area contributed by atoms with Crippen molar-refractivity contribution in [3.8, 4) is 0 Å². The standard InChI is InChI=1S/C15H22FN/c1-4-7-17-14(15(3)5-6-15)12-8-11(2)9-13(16)10-12/h8-10,14,17H,4-7H2,1-3H3. The van der Waals surface area contributed by atoms with Crippen LogP contribution in [0.1, 0.15) is 50.3 Å². The van der Waals surface area contributed by atoms with Crippen LogP contribution in [0.3, 0.4) is 0 Å². The Morgan fingerprint density at radius 3 is 2.59 bits per heavy atom. The molecule has 94 valence electrons. The maximum absolute atomic E-state index is 13.5. The Labute approximate surface area is 103 Å². The van der Waals surface area contributed by atoms with E-state index < -0.39 is 0 Å². The molecule has 1 nitrogen and oxygen atoms in total. The molecule has 0 spiro atoms. The second-order valence-corrected chi connectivity index (χ2v) is 5.60. The van der Waals surface area contributed by atoms with Gasteiger partial charge in [-0.1, -0.05) is 19.9 Å². The van der Waals surface area contributed by atoms with Gasteiger partial charge in [-0.25, -0.2) is 4.39 Å². The molecule has 0 bridgehead atoms.